The Bertz CT molecular complexity index is 424. The van der Waals surface area contributed by atoms with E-state index in [-0.39, 0.29) is 18.9 Å². The van der Waals surface area contributed by atoms with E-state index in [1.54, 1.807) is 24.3 Å². The van der Waals surface area contributed by atoms with Gasteiger partial charge in [0.1, 0.15) is 18.5 Å². The highest BCUT2D eigenvalue weighted by atomic mass is 19.1. The minimum atomic E-state index is -0.942. The van der Waals surface area contributed by atoms with Gasteiger partial charge in [0.05, 0.1) is 6.04 Å². The monoisotopic (exact) mass is 267 g/mol. The Morgan fingerprint density at radius 1 is 1.47 bits per heavy atom. The first-order chi connectivity index (χ1) is 9.19. The highest BCUT2D eigenvalue weighted by molar-refractivity contribution is 5.95. The molecule has 2 atom stereocenters. The van der Waals surface area contributed by atoms with Gasteiger partial charge in [-0.1, -0.05) is 0 Å². The van der Waals surface area contributed by atoms with Gasteiger partial charge in [0.2, 0.25) is 5.91 Å². The zero-order chi connectivity index (χ0) is 13.7. The smallest absolute Gasteiger partial charge is 0.241 e. The average Bonchev–Trinajstić information content (AvgIpc) is 2.85. The largest absolute Gasteiger partial charge is 0.492 e. The number of carbonyl (C=O) groups is 1. The van der Waals surface area contributed by atoms with E-state index in [2.05, 4.69) is 10.6 Å². The molecule has 104 valence electrons. The SMILES string of the molecule is NCCOc1ccc(NC(=O)[C@H]2C[C@H](F)CN2)cc1. The molecule has 0 saturated carbocycles. The maximum absolute atomic E-state index is 13.0. The van der Waals surface area contributed by atoms with Crippen LogP contribution in [0.25, 0.3) is 0 Å². The number of nitrogens with two attached hydrogens (primary N) is 1. The van der Waals surface area contributed by atoms with E-state index in [9.17, 15) is 9.18 Å². The van der Waals surface area contributed by atoms with Crippen molar-refractivity contribution in [2.75, 3.05) is 25.0 Å². The highest BCUT2D eigenvalue weighted by Gasteiger charge is 2.29. The molecule has 19 heavy (non-hydrogen) atoms. The number of ether oxygens (including phenoxy) is 1. The number of carbonyl (C=O) groups excluding carboxylic acids is 1. The van der Waals surface area contributed by atoms with Crippen LogP contribution in [0.3, 0.4) is 0 Å². The Kier molecular flexibility index (Phi) is 4.70. The Morgan fingerprint density at radius 2 is 2.21 bits per heavy atom. The number of halogens is 1. The van der Waals surface area contributed by atoms with Crippen LogP contribution in [0.2, 0.25) is 0 Å². The lowest BCUT2D eigenvalue weighted by molar-refractivity contribution is -0.117. The van der Waals surface area contributed by atoms with Crippen LogP contribution < -0.4 is 21.1 Å². The number of anilines is 1. The van der Waals surface area contributed by atoms with Crippen molar-refractivity contribution in [2.45, 2.75) is 18.6 Å². The third-order valence-electron chi connectivity index (χ3n) is 2.90. The van der Waals surface area contributed by atoms with Crippen molar-refractivity contribution < 1.29 is 13.9 Å². The third-order valence-corrected chi connectivity index (χ3v) is 2.90. The van der Waals surface area contributed by atoms with E-state index >= 15 is 0 Å². The molecule has 2 rings (SSSR count). The molecule has 0 spiro atoms. The number of rotatable bonds is 5. The molecule has 0 radical (unpaired) electrons. The van der Waals surface area contributed by atoms with Crippen LogP contribution in [-0.4, -0.2) is 37.8 Å². The number of hydrogen-bond acceptors (Lipinski definition) is 4. The van der Waals surface area contributed by atoms with Gasteiger partial charge in [-0.3, -0.25) is 4.79 Å². The quantitative estimate of drug-likeness (QED) is 0.732. The molecule has 4 N–H and O–H groups in total. The topological polar surface area (TPSA) is 76.4 Å². The standard InChI is InChI=1S/C13H18FN3O2/c14-9-7-12(16-8-9)13(18)17-10-1-3-11(4-2-10)19-6-5-15/h1-4,9,12,16H,5-8,15H2,(H,17,18)/t9-,12+/m0/s1. The van der Waals surface area contributed by atoms with E-state index in [4.69, 9.17) is 10.5 Å². The van der Waals surface area contributed by atoms with Crippen molar-refractivity contribution >= 4 is 11.6 Å². The zero-order valence-corrected chi connectivity index (χ0v) is 10.6. The summed E-state index contributed by atoms with van der Waals surface area (Å²) in [6, 6.07) is 6.54. The van der Waals surface area contributed by atoms with Gasteiger partial charge in [-0.15, -0.1) is 0 Å². The summed E-state index contributed by atoms with van der Waals surface area (Å²) in [5.41, 5.74) is 5.99. The molecule has 1 fully saturated rings. The lowest BCUT2D eigenvalue weighted by atomic mass is 10.2. The fourth-order valence-electron chi connectivity index (χ4n) is 1.93. The first-order valence-electron chi connectivity index (χ1n) is 6.30. The average molecular weight is 267 g/mol. The number of alkyl halides is 1. The molecule has 1 aliphatic heterocycles. The van der Waals surface area contributed by atoms with Crippen molar-refractivity contribution in [3.63, 3.8) is 0 Å². The number of hydrogen-bond donors (Lipinski definition) is 3. The van der Waals surface area contributed by atoms with Crippen LogP contribution in [-0.2, 0) is 4.79 Å². The van der Waals surface area contributed by atoms with Crippen molar-refractivity contribution in [3.05, 3.63) is 24.3 Å². The van der Waals surface area contributed by atoms with Gasteiger partial charge in [0.15, 0.2) is 0 Å². The van der Waals surface area contributed by atoms with Crippen LogP contribution in [0.1, 0.15) is 6.42 Å². The summed E-state index contributed by atoms with van der Waals surface area (Å²) < 4.78 is 18.3. The molecule has 0 bridgehead atoms. The van der Waals surface area contributed by atoms with E-state index < -0.39 is 12.2 Å². The van der Waals surface area contributed by atoms with Crippen LogP contribution in [0.4, 0.5) is 10.1 Å². The summed E-state index contributed by atoms with van der Waals surface area (Å²) in [5, 5.41) is 5.58. The molecule has 5 nitrogen and oxygen atoms in total. The number of amides is 1. The van der Waals surface area contributed by atoms with Gasteiger partial charge in [-0.25, -0.2) is 4.39 Å². The molecular weight excluding hydrogens is 249 g/mol. The molecule has 1 aromatic carbocycles. The molecule has 1 aliphatic rings. The molecule has 1 heterocycles. The lowest BCUT2D eigenvalue weighted by Gasteiger charge is -2.11. The second-order valence-electron chi connectivity index (χ2n) is 4.44. The van der Waals surface area contributed by atoms with Crippen molar-refractivity contribution in [3.8, 4) is 5.75 Å². The second-order valence-corrected chi connectivity index (χ2v) is 4.44. The van der Waals surface area contributed by atoms with Gasteiger partial charge >= 0.3 is 0 Å². The van der Waals surface area contributed by atoms with E-state index in [0.29, 0.717) is 24.6 Å². The van der Waals surface area contributed by atoms with Gasteiger partial charge in [-0.2, -0.15) is 0 Å². The van der Waals surface area contributed by atoms with Crippen LogP contribution >= 0.6 is 0 Å². The van der Waals surface area contributed by atoms with E-state index in [0.717, 1.165) is 0 Å². The summed E-state index contributed by atoms with van der Waals surface area (Å²) in [4.78, 5) is 11.8. The summed E-state index contributed by atoms with van der Waals surface area (Å²) in [5.74, 6) is 0.488. The minimum Gasteiger partial charge on any atom is -0.492 e. The van der Waals surface area contributed by atoms with Crippen LogP contribution in [0.15, 0.2) is 24.3 Å². The molecular formula is C13H18FN3O2. The normalized spacial score (nSPS) is 22.2. The molecule has 1 saturated heterocycles. The molecule has 0 unspecified atom stereocenters. The van der Waals surface area contributed by atoms with Gasteiger partial charge in [-0.05, 0) is 24.3 Å². The maximum atomic E-state index is 13.0. The molecule has 0 aromatic heterocycles. The fourth-order valence-corrected chi connectivity index (χ4v) is 1.93. The Hall–Kier alpha value is -1.66. The first-order valence-corrected chi connectivity index (χ1v) is 6.30. The summed E-state index contributed by atoms with van der Waals surface area (Å²) in [7, 11) is 0. The Morgan fingerprint density at radius 3 is 2.79 bits per heavy atom. The van der Waals surface area contributed by atoms with E-state index in [1.807, 2.05) is 0 Å². The first kappa shape index (κ1) is 13.8. The fraction of sp³-hybridized carbons (Fsp3) is 0.462. The molecule has 1 aromatic rings. The van der Waals surface area contributed by atoms with Crippen LogP contribution in [0.5, 0.6) is 5.75 Å². The number of nitrogens with one attached hydrogen (secondary N) is 2. The Balaban J connectivity index is 1.87. The molecule has 1 amide bonds. The van der Waals surface area contributed by atoms with Gasteiger partial charge in [0.25, 0.3) is 0 Å². The summed E-state index contributed by atoms with van der Waals surface area (Å²) in [6.45, 7) is 1.15. The van der Waals surface area contributed by atoms with Crippen molar-refractivity contribution in [1.82, 2.24) is 5.32 Å². The van der Waals surface area contributed by atoms with E-state index in [1.165, 1.54) is 0 Å². The zero-order valence-electron chi connectivity index (χ0n) is 10.6. The summed E-state index contributed by atoms with van der Waals surface area (Å²) >= 11 is 0. The second kappa shape index (κ2) is 6.49. The molecule has 0 aliphatic carbocycles. The lowest BCUT2D eigenvalue weighted by Crippen LogP contribution is -2.35. The minimum absolute atomic E-state index is 0.212. The third kappa shape index (κ3) is 3.90. The maximum Gasteiger partial charge on any atom is 0.241 e. The molecule has 6 heteroatoms. The predicted molar refractivity (Wildman–Crippen MR) is 70.9 cm³/mol. The van der Waals surface area contributed by atoms with Gasteiger partial charge < -0.3 is 21.1 Å². The predicted octanol–water partition coefficient (Wildman–Crippen LogP) is 0.663. The number of benzene rings is 1. The highest BCUT2D eigenvalue weighted by Crippen LogP contribution is 2.17. The summed E-state index contributed by atoms with van der Waals surface area (Å²) in [6.07, 6.45) is -0.716. The Labute approximate surface area is 111 Å². The van der Waals surface area contributed by atoms with Gasteiger partial charge in [0, 0.05) is 25.2 Å². The van der Waals surface area contributed by atoms with Crippen molar-refractivity contribution in [1.29, 1.82) is 0 Å². The van der Waals surface area contributed by atoms with Crippen molar-refractivity contribution in [2.24, 2.45) is 5.73 Å². The van der Waals surface area contributed by atoms with Crippen LogP contribution in [0, 0.1) is 0 Å².